The van der Waals surface area contributed by atoms with Crippen LogP contribution >= 0.6 is 11.6 Å². The van der Waals surface area contributed by atoms with E-state index in [0.29, 0.717) is 11.8 Å². The van der Waals surface area contributed by atoms with Crippen molar-refractivity contribution in [2.75, 3.05) is 5.32 Å². The Bertz CT molecular complexity index is 463. The molecule has 1 aromatic rings. The van der Waals surface area contributed by atoms with Crippen molar-refractivity contribution in [3.8, 4) is 0 Å². The average molecular weight is 306 g/mol. The number of hydrogen-bond donors (Lipinski definition) is 1. The highest BCUT2D eigenvalue weighted by molar-refractivity contribution is 6.30. The van der Waals surface area contributed by atoms with Crippen LogP contribution in [0, 0.1) is 11.8 Å². The van der Waals surface area contributed by atoms with Crippen LogP contribution in [0.2, 0.25) is 5.02 Å². The average Bonchev–Trinajstić information content (AvgIpc) is 2.34. The van der Waals surface area contributed by atoms with Crippen LogP contribution in [0.15, 0.2) is 18.2 Å². The van der Waals surface area contributed by atoms with E-state index in [1.54, 1.807) is 0 Å². The first-order valence-corrected chi connectivity index (χ1v) is 7.30. The third-order valence-corrected chi connectivity index (χ3v) is 4.39. The zero-order valence-electron chi connectivity index (χ0n) is 11.6. The summed E-state index contributed by atoms with van der Waals surface area (Å²) >= 11 is 5.70. The Morgan fingerprint density at radius 1 is 1.15 bits per heavy atom. The van der Waals surface area contributed by atoms with E-state index in [0.717, 1.165) is 25.3 Å². The summed E-state index contributed by atoms with van der Waals surface area (Å²) in [6.07, 6.45) is -1.14. The summed E-state index contributed by atoms with van der Waals surface area (Å²) in [4.78, 5) is 0. The summed E-state index contributed by atoms with van der Waals surface area (Å²) < 4.78 is 39.2. The monoisotopic (exact) mass is 305 g/mol. The van der Waals surface area contributed by atoms with Crippen molar-refractivity contribution in [3.63, 3.8) is 0 Å². The lowest BCUT2D eigenvalue weighted by molar-refractivity contribution is -0.137. The molecule has 0 heterocycles. The van der Waals surface area contributed by atoms with Gasteiger partial charge in [0.1, 0.15) is 0 Å². The molecule has 1 aromatic carbocycles. The van der Waals surface area contributed by atoms with Gasteiger partial charge in [-0.3, -0.25) is 0 Å². The van der Waals surface area contributed by atoms with Crippen LogP contribution < -0.4 is 5.32 Å². The largest absolute Gasteiger partial charge is 0.418 e. The Balaban J connectivity index is 2.29. The van der Waals surface area contributed by atoms with Crippen LogP contribution in [0.3, 0.4) is 0 Å². The molecule has 112 valence electrons. The van der Waals surface area contributed by atoms with Gasteiger partial charge < -0.3 is 5.32 Å². The van der Waals surface area contributed by atoms with Crippen LogP contribution in [0.4, 0.5) is 18.9 Å². The highest BCUT2D eigenvalue weighted by Crippen LogP contribution is 2.39. The van der Waals surface area contributed by atoms with Crippen molar-refractivity contribution in [2.45, 2.75) is 45.3 Å². The van der Waals surface area contributed by atoms with Gasteiger partial charge in [0.2, 0.25) is 0 Å². The Labute approximate surface area is 122 Å². The fourth-order valence-corrected chi connectivity index (χ4v) is 3.19. The molecule has 0 saturated heterocycles. The highest BCUT2D eigenvalue weighted by atomic mass is 35.5. The molecule has 2 atom stereocenters. The molecule has 0 bridgehead atoms. The fraction of sp³-hybridized carbons (Fsp3) is 0.600. The molecule has 0 aromatic heterocycles. The number of hydrogen-bond acceptors (Lipinski definition) is 1. The zero-order valence-corrected chi connectivity index (χ0v) is 12.4. The number of anilines is 1. The van der Waals surface area contributed by atoms with E-state index in [-0.39, 0.29) is 16.8 Å². The number of alkyl halides is 3. The predicted molar refractivity (Wildman–Crippen MR) is 76.0 cm³/mol. The van der Waals surface area contributed by atoms with Crippen LogP contribution in [0.25, 0.3) is 0 Å². The van der Waals surface area contributed by atoms with Gasteiger partial charge in [-0.25, -0.2) is 0 Å². The minimum Gasteiger partial charge on any atom is -0.381 e. The highest BCUT2D eigenvalue weighted by Gasteiger charge is 2.35. The van der Waals surface area contributed by atoms with Gasteiger partial charge in [-0.15, -0.1) is 0 Å². The van der Waals surface area contributed by atoms with E-state index in [4.69, 9.17) is 11.6 Å². The molecule has 1 fully saturated rings. The van der Waals surface area contributed by atoms with Crippen molar-refractivity contribution in [1.82, 2.24) is 0 Å². The lowest BCUT2D eigenvalue weighted by Gasteiger charge is -2.36. The maximum absolute atomic E-state index is 13.1. The molecule has 1 aliphatic rings. The lowest BCUT2D eigenvalue weighted by atomic mass is 9.78. The van der Waals surface area contributed by atoms with Crippen molar-refractivity contribution in [1.29, 1.82) is 0 Å². The van der Waals surface area contributed by atoms with Crippen molar-refractivity contribution in [3.05, 3.63) is 28.8 Å². The molecule has 2 rings (SSSR count). The summed E-state index contributed by atoms with van der Waals surface area (Å²) in [6, 6.07) is 3.99. The molecular weight excluding hydrogens is 287 g/mol. The Morgan fingerprint density at radius 3 is 2.30 bits per heavy atom. The van der Waals surface area contributed by atoms with Gasteiger partial charge in [-0.1, -0.05) is 31.9 Å². The molecule has 0 aliphatic heterocycles. The molecule has 1 aliphatic carbocycles. The molecular formula is C15H19ClF3N. The number of benzene rings is 1. The normalized spacial score (nSPS) is 27.4. The minimum atomic E-state index is -4.39. The molecule has 0 radical (unpaired) electrons. The molecule has 2 unspecified atom stereocenters. The molecule has 0 spiro atoms. The second kappa shape index (κ2) is 5.84. The number of rotatable bonds is 2. The van der Waals surface area contributed by atoms with E-state index in [9.17, 15) is 13.2 Å². The van der Waals surface area contributed by atoms with Crippen molar-refractivity contribution < 1.29 is 13.2 Å². The summed E-state index contributed by atoms with van der Waals surface area (Å²) in [5, 5.41) is 3.21. The van der Waals surface area contributed by atoms with Gasteiger partial charge in [-0.2, -0.15) is 13.2 Å². The topological polar surface area (TPSA) is 12.0 Å². The molecule has 1 nitrogen and oxygen atoms in total. The van der Waals surface area contributed by atoms with E-state index < -0.39 is 11.7 Å². The Kier molecular flexibility index (Phi) is 4.52. The fourth-order valence-electron chi connectivity index (χ4n) is 3.02. The summed E-state index contributed by atoms with van der Waals surface area (Å²) in [5.74, 6) is 0.742. The van der Waals surface area contributed by atoms with Crippen LogP contribution in [0.5, 0.6) is 0 Å². The first kappa shape index (κ1) is 15.5. The van der Waals surface area contributed by atoms with E-state index in [1.807, 2.05) is 0 Å². The van der Waals surface area contributed by atoms with Gasteiger partial charge >= 0.3 is 6.18 Å². The van der Waals surface area contributed by atoms with E-state index in [1.165, 1.54) is 12.1 Å². The first-order valence-electron chi connectivity index (χ1n) is 6.92. The Hall–Kier alpha value is -0.900. The number of nitrogens with one attached hydrogen (secondary N) is 1. The van der Waals surface area contributed by atoms with Crippen LogP contribution in [-0.2, 0) is 6.18 Å². The summed E-state index contributed by atoms with van der Waals surface area (Å²) in [7, 11) is 0. The van der Waals surface area contributed by atoms with Gasteiger partial charge in [0.15, 0.2) is 0 Å². The second-order valence-electron chi connectivity index (χ2n) is 5.74. The van der Waals surface area contributed by atoms with E-state index in [2.05, 4.69) is 19.2 Å². The van der Waals surface area contributed by atoms with Gasteiger partial charge in [-0.05, 0) is 42.9 Å². The third-order valence-electron chi connectivity index (χ3n) is 4.15. The maximum atomic E-state index is 13.1. The van der Waals surface area contributed by atoms with Gasteiger partial charge in [0, 0.05) is 16.8 Å². The van der Waals surface area contributed by atoms with Gasteiger partial charge in [0.25, 0.3) is 0 Å². The molecule has 1 saturated carbocycles. The molecule has 5 heteroatoms. The predicted octanol–water partition coefficient (Wildman–Crippen LogP) is 5.60. The molecule has 20 heavy (non-hydrogen) atoms. The first-order chi connectivity index (χ1) is 9.29. The molecule has 0 amide bonds. The van der Waals surface area contributed by atoms with Gasteiger partial charge in [0.05, 0.1) is 5.56 Å². The van der Waals surface area contributed by atoms with Crippen molar-refractivity contribution >= 4 is 17.3 Å². The van der Waals surface area contributed by atoms with E-state index >= 15 is 0 Å². The smallest absolute Gasteiger partial charge is 0.381 e. The maximum Gasteiger partial charge on any atom is 0.418 e. The standard InChI is InChI=1S/C15H19ClF3N/c1-9-4-3-5-10(2)14(9)20-13-7-6-11(16)8-12(13)15(17,18)19/h6-10,14,20H,3-5H2,1-2H3. The number of halogens is 4. The summed E-state index contributed by atoms with van der Waals surface area (Å²) in [6.45, 7) is 4.19. The second-order valence-corrected chi connectivity index (χ2v) is 6.18. The van der Waals surface area contributed by atoms with Crippen LogP contribution in [-0.4, -0.2) is 6.04 Å². The van der Waals surface area contributed by atoms with Crippen LogP contribution in [0.1, 0.15) is 38.7 Å². The summed E-state index contributed by atoms with van der Waals surface area (Å²) in [5.41, 5.74) is -0.553. The van der Waals surface area contributed by atoms with Crippen molar-refractivity contribution in [2.24, 2.45) is 11.8 Å². The quantitative estimate of drug-likeness (QED) is 0.750. The molecule has 1 N–H and O–H groups in total. The SMILES string of the molecule is CC1CCCC(C)C1Nc1ccc(Cl)cc1C(F)(F)F. The Morgan fingerprint density at radius 2 is 1.75 bits per heavy atom. The lowest BCUT2D eigenvalue weighted by Crippen LogP contribution is -2.37. The minimum absolute atomic E-state index is 0.0750. The zero-order chi connectivity index (χ0) is 14.9. The third kappa shape index (κ3) is 3.40.